The van der Waals surface area contributed by atoms with E-state index in [2.05, 4.69) is 14.8 Å². The molecule has 0 aliphatic heterocycles. The maximum Gasteiger partial charge on any atom is 0.112 e. The van der Waals surface area contributed by atoms with Gasteiger partial charge in [-0.05, 0) is 23.8 Å². The third kappa shape index (κ3) is 1.67. The Balaban J connectivity index is 2.20. The topological polar surface area (TPSA) is 49.6 Å². The molecule has 0 N–H and O–H groups in total. The molecule has 3 aromatic rings. The third-order valence-corrected chi connectivity index (χ3v) is 3.15. The predicted molar refractivity (Wildman–Crippen MR) is 67.6 cm³/mol. The molecule has 0 atom stereocenters. The fourth-order valence-corrected chi connectivity index (χ4v) is 2.31. The number of nitrogens with zero attached hydrogens (tertiary/aromatic N) is 3. The second-order valence-corrected chi connectivity index (χ2v) is 4.16. The van der Waals surface area contributed by atoms with Crippen LogP contribution in [-0.2, 0) is 0 Å². The molecule has 1 heterocycles. The van der Waals surface area contributed by atoms with Crippen molar-refractivity contribution in [3.8, 4) is 17.2 Å². The van der Waals surface area contributed by atoms with E-state index in [4.69, 9.17) is 5.26 Å². The Morgan fingerprint density at radius 2 is 1.82 bits per heavy atom. The van der Waals surface area contributed by atoms with Crippen LogP contribution >= 0.6 is 11.7 Å². The smallest absolute Gasteiger partial charge is 0.112 e. The number of rotatable bonds is 1. The molecule has 80 valence electrons. The molecule has 3 rings (SSSR count). The van der Waals surface area contributed by atoms with Crippen LogP contribution in [0.5, 0.6) is 0 Å². The molecule has 0 bridgehead atoms. The maximum absolute atomic E-state index is 8.77. The van der Waals surface area contributed by atoms with E-state index in [1.54, 1.807) is 0 Å². The van der Waals surface area contributed by atoms with Crippen LogP contribution in [0.3, 0.4) is 0 Å². The highest BCUT2D eigenvalue weighted by Gasteiger charge is 2.06. The molecule has 2 aromatic carbocycles. The molecular weight excluding hydrogens is 230 g/mol. The summed E-state index contributed by atoms with van der Waals surface area (Å²) in [6, 6.07) is 15.6. The molecule has 0 aliphatic rings. The van der Waals surface area contributed by atoms with Crippen LogP contribution in [0.1, 0.15) is 5.56 Å². The minimum absolute atomic E-state index is 0.664. The Morgan fingerprint density at radius 3 is 2.59 bits per heavy atom. The number of aromatic nitrogens is 2. The summed E-state index contributed by atoms with van der Waals surface area (Å²) in [4.78, 5) is 0. The first-order chi connectivity index (χ1) is 8.38. The van der Waals surface area contributed by atoms with Gasteiger partial charge in [-0.2, -0.15) is 14.0 Å². The molecule has 0 fully saturated rings. The molecule has 0 amide bonds. The number of hydrogen-bond acceptors (Lipinski definition) is 4. The predicted octanol–water partition coefficient (Wildman–Crippen LogP) is 3.23. The molecule has 3 nitrogen and oxygen atoms in total. The van der Waals surface area contributed by atoms with Gasteiger partial charge in [0.15, 0.2) is 0 Å². The van der Waals surface area contributed by atoms with Crippen molar-refractivity contribution in [3.05, 3.63) is 48.0 Å². The van der Waals surface area contributed by atoms with Gasteiger partial charge >= 0.3 is 0 Å². The largest absolute Gasteiger partial charge is 0.192 e. The highest BCUT2D eigenvalue weighted by atomic mass is 32.1. The monoisotopic (exact) mass is 237 g/mol. The molecule has 0 radical (unpaired) electrons. The van der Waals surface area contributed by atoms with Crippen molar-refractivity contribution in [1.29, 1.82) is 5.26 Å². The highest BCUT2D eigenvalue weighted by Crippen LogP contribution is 2.27. The molecule has 4 heteroatoms. The summed E-state index contributed by atoms with van der Waals surface area (Å²) in [5.41, 5.74) is 4.61. The standard InChI is InChI=1S/C13H7N3S/c14-8-9-4-6-10(7-5-9)11-2-1-3-12-13(11)16-17-15-12/h1-7H. The van der Waals surface area contributed by atoms with Gasteiger partial charge in [0.25, 0.3) is 0 Å². The summed E-state index contributed by atoms with van der Waals surface area (Å²) >= 11 is 1.22. The zero-order valence-electron chi connectivity index (χ0n) is 8.79. The molecule has 0 aliphatic carbocycles. The van der Waals surface area contributed by atoms with Crippen LogP contribution < -0.4 is 0 Å². The Hall–Kier alpha value is -2.25. The van der Waals surface area contributed by atoms with Gasteiger partial charge in [0.1, 0.15) is 11.0 Å². The summed E-state index contributed by atoms with van der Waals surface area (Å²) in [6.07, 6.45) is 0. The van der Waals surface area contributed by atoms with Gasteiger partial charge in [-0.3, -0.25) is 0 Å². The maximum atomic E-state index is 8.77. The average molecular weight is 237 g/mol. The van der Waals surface area contributed by atoms with Crippen molar-refractivity contribution < 1.29 is 0 Å². The minimum Gasteiger partial charge on any atom is -0.192 e. The minimum atomic E-state index is 0.664. The first-order valence-corrected chi connectivity index (χ1v) is 5.83. The average Bonchev–Trinajstić information content (AvgIpc) is 2.87. The number of nitriles is 1. The van der Waals surface area contributed by atoms with Crippen LogP contribution in [0.15, 0.2) is 42.5 Å². The molecule has 0 spiro atoms. The molecule has 0 saturated heterocycles. The van der Waals surface area contributed by atoms with Gasteiger partial charge in [0.2, 0.25) is 0 Å². The lowest BCUT2D eigenvalue weighted by molar-refractivity contribution is 1.48. The summed E-state index contributed by atoms with van der Waals surface area (Å²) < 4.78 is 8.52. The van der Waals surface area contributed by atoms with Crippen LogP contribution in [0.4, 0.5) is 0 Å². The lowest BCUT2D eigenvalue weighted by Crippen LogP contribution is -1.81. The molecule has 0 saturated carbocycles. The SMILES string of the molecule is N#Cc1ccc(-c2cccc3nsnc23)cc1. The Kier molecular flexibility index (Phi) is 2.32. The summed E-state index contributed by atoms with van der Waals surface area (Å²) in [5.74, 6) is 0. The second-order valence-electron chi connectivity index (χ2n) is 3.63. The van der Waals surface area contributed by atoms with Crippen molar-refractivity contribution in [3.63, 3.8) is 0 Å². The van der Waals surface area contributed by atoms with Crippen molar-refractivity contribution >= 4 is 22.8 Å². The van der Waals surface area contributed by atoms with Crippen molar-refractivity contribution in [2.45, 2.75) is 0 Å². The van der Waals surface area contributed by atoms with Gasteiger partial charge in [-0.15, -0.1) is 0 Å². The Bertz CT molecular complexity index is 707. The van der Waals surface area contributed by atoms with Gasteiger partial charge in [-0.1, -0.05) is 24.3 Å². The molecule has 1 aromatic heterocycles. The van der Waals surface area contributed by atoms with E-state index in [1.807, 2.05) is 42.5 Å². The Labute approximate surface area is 102 Å². The molecule has 0 unspecified atom stereocenters. The van der Waals surface area contributed by atoms with E-state index in [0.717, 1.165) is 22.2 Å². The van der Waals surface area contributed by atoms with Crippen LogP contribution in [-0.4, -0.2) is 8.75 Å². The van der Waals surface area contributed by atoms with E-state index in [9.17, 15) is 0 Å². The van der Waals surface area contributed by atoms with E-state index in [1.165, 1.54) is 11.7 Å². The van der Waals surface area contributed by atoms with E-state index >= 15 is 0 Å². The number of fused-ring (bicyclic) bond motifs is 1. The number of benzene rings is 2. The lowest BCUT2D eigenvalue weighted by Gasteiger charge is -2.01. The second kappa shape index (κ2) is 3.96. The fourth-order valence-electron chi connectivity index (χ4n) is 1.76. The zero-order valence-corrected chi connectivity index (χ0v) is 9.61. The Morgan fingerprint density at radius 1 is 1.00 bits per heavy atom. The van der Waals surface area contributed by atoms with Gasteiger partial charge < -0.3 is 0 Å². The van der Waals surface area contributed by atoms with Gasteiger partial charge in [0.05, 0.1) is 23.4 Å². The van der Waals surface area contributed by atoms with E-state index in [0.29, 0.717) is 5.56 Å². The van der Waals surface area contributed by atoms with E-state index < -0.39 is 0 Å². The van der Waals surface area contributed by atoms with Crippen molar-refractivity contribution in [2.75, 3.05) is 0 Å². The quantitative estimate of drug-likeness (QED) is 0.652. The lowest BCUT2D eigenvalue weighted by atomic mass is 10.0. The zero-order chi connectivity index (χ0) is 11.7. The van der Waals surface area contributed by atoms with Gasteiger partial charge in [0, 0.05) is 5.56 Å². The molecular formula is C13H7N3S. The van der Waals surface area contributed by atoms with Crippen molar-refractivity contribution in [2.24, 2.45) is 0 Å². The summed E-state index contributed by atoms with van der Waals surface area (Å²) in [5, 5.41) is 8.77. The van der Waals surface area contributed by atoms with Crippen LogP contribution in [0, 0.1) is 11.3 Å². The fraction of sp³-hybridized carbons (Fsp3) is 0. The van der Waals surface area contributed by atoms with E-state index in [-0.39, 0.29) is 0 Å². The summed E-state index contributed by atoms with van der Waals surface area (Å²) in [6.45, 7) is 0. The third-order valence-electron chi connectivity index (χ3n) is 2.61. The van der Waals surface area contributed by atoms with Crippen molar-refractivity contribution in [1.82, 2.24) is 8.75 Å². The first kappa shape index (κ1) is 9.94. The highest BCUT2D eigenvalue weighted by molar-refractivity contribution is 7.00. The van der Waals surface area contributed by atoms with Gasteiger partial charge in [-0.25, -0.2) is 0 Å². The van der Waals surface area contributed by atoms with Crippen LogP contribution in [0.25, 0.3) is 22.2 Å². The van der Waals surface area contributed by atoms with Crippen LogP contribution in [0.2, 0.25) is 0 Å². The first-order valence-electron chi connectivity index (χ1n) is 5.10. The number of hydrogen-bond donors (Lipinski definition) is 0. The normalized spacial score (nSPS) is 10.3. The molecule has 17 heavy (non-hydrogen) atoms. The summed E-state index contributed by atoms with van der Waals surface area (Å²) in [7, 11) is 0.